The fraction of sp³-hybridized carbons (Fsp3) is 1.00. The second-order valence-electron chi connectivity index (χ2n) is 2.47. The number of azide groups is 1. The van der Waals surface area contributed by atoms with E-state index in [2.05, 4.69) is 10.0 Å². The summed E-state index contributed by atoms with van der Waals surface area (Å²) in [6.45, 7) is 2.34. The van der Waals surface area contributed by atoms with Crippen molar-refractivity contribution in [3.05, 3.63) is 10.4 Å². The number of hydrogen-bond donors (Lipinski definition) is 0. The lowest BCUT2D eigenvalue weighted by Gasteiger charge is -2.01. The van der Waals surface area contributed by atoms with Gasteiger partial charge in [-0.15, -0.1) is 0 Å². The zero-order valence-corrected chi connectivity index (χ0v) is 5.86. The summed E-state index contributed by atoms with van der Waals surface area (Å²) in [5, 5.41) is 3.46. The van der Waals surface area contributed by atoms with Gasteiger partial charge in [-0.25, -0.2) is 0 Å². The van der Waals surface area contributed by atoms with E-state index in [1.165, 1.54) is 0 Å². The van der Waals surface area contributed by atoms with Crippen LogP contribution in [-0.4, -0.2) is 19.8 Å². The molecule has 1 unspecified atom stereocenters. The summed E-state index contributed by atoms with van der Waals surface area (Å²) >= 11 is 0. The Kier molecular flexibility index (Phi) is 3.06. The van der Waals surface area contributed by atoms with Crippen LogP contribution in [0.2, 0.25) is 0 Å². The van der Waals surface area contributed by atoms with Gasteiger partial charge in [-0.2, -0.15) is 0 Å². The van der Waals surface area contributed by atoms with Crippen LogP contribution in [0.25, 0.3) is 10.4 Å². The van der Waals surface area contributed by atoms with Gasteiger partial charge in [0.1, 0.15) is 0 Å². The first-order chi connectivity index (χ1) is 4.93. The smallest absolute Gasteiger partial charge is 0.0495 e. The minimum absolute atomic E-state index is 0.616. The van der Waals surface area contributed by atoms with Crippen molar-refractivity contribution in [1.29, 1.82) is 0 Å². The molecular weight excluding hydrogens is 130 g/mol. The van der Waals surface area contributed by atoms with Gasteiger partial charge in [0.15, 0.2) is 0 Å². The molecule has 0 saturated carbocycles. The summed E-state index contributed by atoms with van der Waals surface area (Å²) in [5.74, 6) is 0.630. The lowest BCUT2D eigenvalue weighted by molar-refractivity contribution is 0.184. The van der Waals surface area contributed by atoms with Gasteiger partial charge >= 0.3 is 0 Å². The second-order valence-corrected chi connectivity index (χ2v) is 2.47. The molecule has 0 amide bonds. The lowest BCUT2D eigenvalue weighted by atomic mass is 10.1. The number of ether oxygens (including phenoxy) is 1. The van der Waals surface area contributed by atoms with Gasteiger partial charge in [-0.05, 0) is 24.3 Å². The van der Waals surface area contributed by atoms with Crippen molar-refractivity contribution < 1.29 is 4.74 Å². The highest BCUT2D eigenvalue weighted by molar-refractivity contribution is 4.65. The average Bonchev–Trinajstić information content (AvgIpc) is 2.41. The van der Waals surface area contributed by atoms with Crippen LogP contribution in [0.15, 0.2) is 5.11 Å². The molecule has 4 nitrogen and oxygen atoms in total. The Hall–Kier alpha value is -0.730. The highest BCUT2D eigenvalue weighted by Gasteiger charge is 2.13. The highest BCUT2D eigenvalue weighted by atomic mass is 16.5. The van der Waals surface area contributed by atoms with Gasteiger partial charge in [-0.1, -0.05) is 5.11 Å². The SMILES string of the molecule is [N-]=[N+]=NCCC1CCOC1. The molecule has 1 saturated heterocycles. The maximum atomic E-state index is 7.97. The monoisotopic (exact) mass is 141 g/mol. The minimum atomic E-state index is 0.616. The molecule has 1 rings (SSSR count). The van der Waals surface area contributed by atoms with Gasteiger partial charge < -0.3 is 4.74 Å². The first kappa shape index (κ1) is 7.38. The molecular formula is C6H11N3O. The van der Waals surface area contributed by atoms with Crippen LogP contribution < -0.4 is 0 Å². The van der Waals surface area contributed by atoms with Crippen LogP contribution in [0.3, 0.4) is 0 Å². The molecule has 0 radical (unpaired) electrons. The third-order valence-corrected chi connectivity index (χ3v) is 1.72. The molecule has 1 fully saturated rings. The number of rotatable bonds is 3. The van der Waals surface area contributed by atoms with Crippen LogP contribution in [0.4, 0.5) is 0 Å². The maximum Gasteiger partial charge on any atom is 0.0495 e. The van der Waals surface area contributed by atoms with E-state index in [1.807, 2.05) is 0 Å². The molecule has 1 heterocycles. The molecule has 0 N–H and O–H groups in total. The molecule has 1 atom stereocenters. The number of nitrogens with zero attached hydrogens (tertiary/aromatic N) is 3. The Morgan fingerprint density at radius 2 is 2.60 bits per heavy atom. The van der Waals surface area contributed by atoms with E-state index in [-0.39, 0.29) is 0 Å². The topological polar surface area (TPSA) is 58.0 Å². The van der Waals surface area contributed by atoms with Crippen LogP contribution in [0.5, 0.6) is 0 Å². The predicted octanol–water partition coefficient (Wildman–Crippen LogP) is 1.72. The van der Waals surface area contributed by atoms with Crippen LogP contribution in [0.1, 0.15) is 12.8 Å². The van der Waals surface area contributed by atoms with Crippen molar-refractivity contribution in [2.45, 2.75) is 12.8 Å². The van der Waals surface area contributed by atoms with E-state index in [9.17, 15) is 0 Å². The van der Waals surface area contributed by atoms with Gasteiger partial charge in [0.25, 0.3) is 0 Å². The van der Waals surface area contributed by atoms with Crippen molar-refractivity contribution in [2.75, 3.05) is 19.8 Å². The van der Waals surface area contributed by atoms with Crippen LogP contribution in [0, 0.1) is 5.92 Å². The number of hydrogen-bond acceptors (Lipinski definition) is 2. The average molecular weight is 141 g/mol. The molecule has 10 heavy (non-hydrogen) atoms. The summed E-state index contributed by atoms with van der Waals surface area (Å²) in [6.07, 6.45) is 2.10. The highest BCUT2D eigenvalue weighted by Crippen LogP contribution is 2.15. The molecule has 0 bridgehead atoms. The second kappa shape index (κ2) is 4.14. The molecule has 1 aliphatic heterocycles. The third-order valence-electron chi connectivity index (χ3n) is 1.72. The fourth-order valence-corrected chi connectivity index (χ4v) is 1.10. The van der Waals surface area contributed by atoms with E-state index < -0.39 is 0 Å². The Morgan fingerprint density at radius 3 is 3.20 bits per heavy atom. The quantitative estimate of drug-likeness (QED) is 0.335. The van der Waals surface area contributed by atoms with E-state index in [4.69, 9.17) is 10.3 Å². The van der Waals surface area contributed by atoms with Gasteiger partial charge in [0, 0.05) is 24.7 Å². The van der Waals surface area contributed by atoms with Crippen molar-refractivity contribution in [2.24, 2.45) is 11.0 Å². The van der Waals surface area contributed by atoms with E-state index in [0.29, 0.717) is 12.5 Å². The molecule has 1 aliphatic rings. The van der Waals surface area contributed by atoms with Gasteiger partial charge in [-0.3, -0.25) is 0 Å². The molecule has 0 aromatic rings. The Morgan fingerprint density at radius 1 is 1.70 bits per heavy atom. The zero-order chi connectivity index (χ0) is 7.23. The summed E-state index contributed by atoms with van der Waals surface area (Å²) in [6, 6.07) is 0. The van der Waals surface area contributed by atoms with Crippen LogP contribution >= 0.6 is 0 Å². The third kappa shape index (κ3) is 2.25. The normalized spacial score (nSPS) is 24.2. The van der Waals surface area contributed by atoms with Crippen molar-refractivity contribution in [1.82, 2.24) is 0 Å². The fourth-order valence-electron chi connectivity index (χ4n) is 1.10. The summed E-state index contributed by atoms with van der Waals surface area (Å²) in [5.41, 5.74) is 7.97. The molecule has 4 heteroatoms. The van der Waals surface area contributed by atoms with Crippen LogP contribution in [-0.2, 0) is 4.74 Å². The molecule has 0 spiro atoms. The summed E-state index contributed by atoms with van der Waals surface area (Å²) in [4.78, 5) is 2.68. The largest absolute Gasteiger partial charge is 0.381 e. The van der Waals surface area contributed by atoms with Crippen molar-refractivity contribution in [3.8, 4) is 0 Å². The molecule has 0 aromatic carbocycles. The molecule has 0 aromatic heterocycles. The lowest BCUT2D eigenvalue weighted by Crippen LogP contribution is -1.99. The Balaban J connectivity index is 2.06. The van der Waals surface area contributed by atoms with E-state index in [1.54, 1.807) is 0 Å². The standard InChI is InChI=1S/C6H11N3O/c7-9-8-3-1-6-2-4-10-5-6/h6H,1-5H2. The zero-order valence-electron chi connectivity index (χ0n) is 5.86. The molecule has 56 valence electrons. The molecule has 0 aliphatic carbocycles. The van der Waals surface area contributed by atoms with Crippen molar-refractivity contribution >= 4 is 0 Å². The summed E-state index contributed by atoms with van der Waals surface area (Å²) in [7, 11) is 0. The maximum absolute atomic E-state index is 7.97. The van der Waals surface area contributed by atoms with E-state index >= 15 is 0 Å². The Labute approximate surface area is 59.8 Å². The summed E-state index contributed by atoms with van der Waals surface area (Å²) < 4.78 is 5.15. The Bertz CT molecular complexity index is 136. The minimum Gasteiger partial charge on any atom is -0.381 e. The first-order valence-electron chi connectivity index (χ1n) is 3.52. The predicted molar refractivity (Wildman–Crippen MR) is 37.6 cm³/mol. The van der Waals surface area contributed by atoms with Gasteiger partial charge in [0.05, 0.1) is 0 Å². The first-order valence-corrected chi connectivity index (χ1v) is 3.52. The van der Waals surface area contributed by atoms with Crippen molar-refractivity contribution in [3.63, 3.8) is 0 Å². The van der Waals surface area contributed by atoms with E-state index in [0.717, 1.165) is 26.1 Å². The van der Waals surface area contributed by atoms with Gasteiger partial charge in [0.2, 0.25) is 0 Å².